The second kappa shape index (κ2) is 11.6. The average molecular weight is 521 g/mol. The quantitative estimate of drug-likeness (QED) is 0.122. The van der Waals surface area contributed by atoms with Crippen LogP contribution in [0.2, 0.25) is 0 Å². The molecular formula is C32H29FN4O2. The number of hydrogen-bond donors (Lipinski definition) is 4. The van der Waals surface area contributed by atoms with Crippen LogP contribution in [0, 0.1) is 5.82 Å². The van der Waals surface area contributed by atoms with E-state index in [0.717, 1.165) is 35.2 Å². The molecule has 1 aliphatic carbocycles. The van der Waals surface area contributed by atoms with Crippen molar-refractivity contribution in [3.63, 3.8) is 0 Å². The smallest absolute Gasteiger partial charge is 0.255 e. The second-order valence-electron chi connectivity index (χ2n) is 9.53. The molecule has 6 nitrogen and oxygen atoms in total. The Labute approximate surface area is 226 Å². The highest BCUT2D eigenvalue weighted by atomic mass is 19.1. The van der Waals surface area contributed by atoms with Crippen molar-refractivity contribution >= 4 is 40.5 Å². The summed E-state index contributed by atoms with van der Waals surface area (Å²) in [4.78, 5) is 25.5. The standard InChI is InChI=1S/C32H29FN4O2/c33-25-13-7-21(8-14-25)19-28(32(39)36-27-17-18-27)23-11-15-26(16-12-23)35-20-22-5-9-24(10-6-22)31(38)37-30-4-2-1-3-29(30)34/h1-16,19,27,35H,17-18,20,34H2,(H,36,39)(H,37,38)/b28-19+. The Morgan fingerprint density at radius 2 is 1.51 bits per heavy atom. The first kappa shape index (κ1) is 25.7. The first-order valence-corrected chi connectivity index (χ1v) is 12.8. The van der Waals surface area contributed by atoms with E-state index >= 15 is 0 Å². The number of para-hydroxylation sites is 2. The normalized spacial score (nSPS) is 13.0. The molecule has 0 saturated heterocycles. The Kier molecular flexibility index (Phi) is 7.68. The van der Waals surface area contributed by atoms with Gasteiger partial charge >= 0.3 is 0 Å². The third kappa shape index (κ3) is 6.90. The van der Waals surface area contributed by atoms with Crippen molar-refractivity contribution in [2.75, 3.05) is 16.4 Å². The highest BCUT2D eigenvalue weighted by Gasteiger charge is 2.25. The van der Waals surface area contributed by atoms with Crippen molar-refractivity contribution in [1.82, 2.24) is 5.32 Å². The molecule has 0 aromatic heterocycles. The molecule has 4 aromatic rings. The van der Waals surface area contributed by atoms with Crippen molar-refractivity contribution < 1.29 is 14.0 Å². The van der Waals surface area contributed by atoms with Gasteiger partial charge in [0.2, 0.25) is 0 Å². The SMILES string of the molecule is Nc1ccccc1NC(=O)c1ccc(CNc2ccc(/C(=C\c3ccc(F)cc3)C(=O)NC3CC3)cc2)cc1. The number of nitrogens with two attached hydrogens (primary N) is 1. The lowest BCUT2D eigenvalue weighted by atomic mass is 10.0. The molecule has 0 radical (unpaired) electrons. The van der Waals surface area contributed by atoms with E-state index in [9.17, 15) is 14.0 Å². The molecule has 1 aliphatic rings. The van der Waals surface area contributed by atoms with Crippen LogP contribution in [0.25, 0.3) is 11.6 Å². The van der Waals surface area contributed by atoms with Gasteiger partial charge in [-0.1, -0.05) is 48.5 Å². The predicted octanol–water partition coefficient (Wildman–Crippen LogP) is 6.09. The van der Waals surface area contributed by atoms with Crippen LogP contribution in [0.4, 0.5) is 21.5 Å². The third-order valence-electron chi connectivity index (χ3n) is 6.46. The molecule has 39 heavy (non-hydrogen) atoms. The van der Waals surface area contributed by atoms with E-state index in [4.69, 9.17) is 5.73 Å². The number of halogens is 1. The van der Waals surface area contributed by atoms with Crippen LogP contribution in [-0.4, -0.2) is 17.9 Å². The minimum atomic E-state index is -0.318. The Balaban J connectivity index is 1.22. The molecule has 1 fully saturated rings. The average Bonchev–Trinajstić information content (AvgIpc) is 3.77. The molecule has 0 aliphatic heterocycles. The van der Waals surface area contributed by atoms with Crippen LogP contribution in [0.1, 0.15) is 39.9 Å². The molecule has 0 spiro atoms. The van der Waals surface area contributed by atoms with Gasteiger partial charge in [-0.3, -0.25) is 9.59 Å². The molecule has 1 saturated carbocycles. The fraction of sp³-hybridized carbons (Fsp3) is 0.125. The molecule has 5 rings (SSSR count). The third-order valence-corrected chi connectivity index (χ3v) is 6.46. The fourth-order valence-corrected chi connectivity index (χ4v) is 4.05. The molecule has 0 heterocycles. The van der Waals surface area contributed by atoms with Crippen LogP contribution >= 0.6 is 0 Å². The monoisotopic (exact) mass is 520 g/mol. The number of amides is 2. The van der Waals surface area contributed by atoms with Gasteiger partial charge in [-0.2, -0.15) is 0 Å². The van der Waals surface area contributed by atoms with Crippen molar-refractivity contribution in [2.24, 2.45) is 0 Å². The lowest BCUT2D eigenvalue weighted by molar-refractivity contribution is -0.115. The number of anilines is 3. The lowest BCUT2D eigenvalue weighted by Crippen LogP contribution is -2.26. The van der Waals surface area contributed by atoms with Gasteiger partial charge in [0.05, 0.1) is 11.4 Å². The minimum Gasteiger partial charge on any atom is -0.397 e. The van der Waals surface area contributed by atoms with Crippen molar-refractivity contribution in [3.8, 4) is 0 Å². The first-order valence-electron chi connectivity index (χ1n) is 12.8. The number of rotatable bonds is 9. The van der Waals surface area contributed by atoms with Gasteiger partial charge in [-0.15, -0.1) is 0 Å². The lowest BCUT2D eigenvalue weighted by Gasteiger charge is -2.12. The van der Waals surface area contributed by atoms with Gasteiger partial charge in [0, 0.05) is 29.4 Å². The molecule has 0 atom stereocenters. The summed E-state index contributed by atoms with van der Waals surface area (Å²) in [5.41, 5.74) is 11.5. The van der Waals surface area contributed by atoms with Crippen molar-refractivity contribution in [1.29, 1.82) is 0 Å². The summed E-state index contributed by atoms with van der Waals surface area (Å²) in [7, 11) is 0. The van der Waals surface area contributed by atoms with Crippen molar-refractivity contribution in [3.05, 3.63) is 125 Å². The van der Waals surface area contributed by atoms with E-state index in [1.807, 2.05) is 48.5 Å². The zero-order valence-corrected chi connectivity index (χ0v) is 21.3. The zero-order valence-electron chi connectivity index (χ0n) is 21.3. The Bertz CT molecular complexity index is 1490. The van der Waals surface area contributed by atoms with Gasteiger partial charge in [-0.25, -0.2) is 4.39 Å². The molecule has 4 aromatic carbocycles. The number of carbonyl (C=O) groups excluding carboxylic acids is 2. The number of hydrogen-bond acceptors (Lipinski definition) is 4. The summed E-state index contributed by atoms with van der Waals surface area (Å²) < 4.78 is 13.3. The Morgan fingerprint density at radius 3 is 2.18 bits per heavy atom. The fourth-order valence-electron chi connectivity index (χ4n) is 4.05. The van der Waals surface area contributed by atoms with Crippen LogP contribution in [-0.2, 0) is 11.3 Å². The molecule has 7 heteroatoms. The van der Waals surface area contributed by atoms with E-state index in [-0.39, 0.29) is 23.7 Å². The van der Waals surface area contributed by atoms with Gasteiger partial charge in [-0.05, 0) is 84.1 Å². The van der Waals surface area contributed by atoms with Crippen LogP contribution in [0.5, 0.6) is 0 Å². The summed E-state index contributed by atoms with van der Waals surface area (Å²) in [6.07, 6.45) is 3.76. The molecule has 196 valence electrons. The number of nitrogen functional groups attached to an aromatic ring is 1. The van der Waals surface area contributed by atoms with Crippen LogP contribution in [0.3, 0.4) is 0 Å². The summed E-state index contributed by atoms with van der Waals surface area (Å²) in [6.45, 7) is 0.563. The minimum absolute atomic E-state index is 0.137. The Morgan fingerprint density at radius 1 is 0.846 bits per heavy atom. The Hall–Kier alpha value is -4.91. The van der Waals surface area contributed by atoms with E-state index in [1.54, 1.807) is 42.5 Å². The molecule has 2 amide bonds. The van der Waals surface area contributed by atoms with E-state index in [1.165, 1.54) is 12.1 Å². The van der Waals surface area contributed by atoms with Gasteiger partial charge in [0.1, 0.15) is 5.82 Å². The predicted molar refractivity (Wildman–Crippen MR) is 154 cm³/mol. The summed E-state index contributed by atoms with van der Waals surface area (Å²) in [5.74, 6) is -0.679. The van der Waals surface area contributed by atoms with Gasteiger partial charge in [0.25, 0.3) is 11.8 Å². The van der Waals surface area contributed by atoms with E-state index in [2.05, 4.69) is 16.0 Å². The molecule has 0 bridgehead atoms. The summed E-state index contributed by atoms with van der Waals surface area (Å²) in [6, 6.07) is 28.4. The maximum Gasteiger partial charge on any atom is 0.255 e. The number of nitrogens with one attached hydrogen (secondary N) is 3. The summed E-state index contributed by atoms with van der Waals surface area (Å²) in [5, 5.41) is 9.24. The topological polar surface area (TPSA) is 96.2 Å². The maximum absolute atomic E-state index is 13.3. The second-order valence-corrected chi connectivity index (χ2v) is 9.53. The zero-order chi connectivity index (χ0) is 27.2. The molecule has 5 N–H and O–H groups in total. The molecule has 0 unspecified atom stereocenters. The largest absolute Gasteiger partial charge is 0.397 e. The highest BCUT2D eigenvalue weighted by Crippen LogP contribution is 2.25. The van der Waals surface area contributed by atoms with Crippen LogP contribution in [0.15, 0.2) is 97.1 Å². The van der Waals surface area contributed by atoms with E-state index < -0.39 is 0 Å². The van der Waals surface area contributed by atoms with Gasteiger partial charge in [0.15, 0.2) is 0 Å². The molecular weight excluding hydrogens is 491 g/mol. The van der Waals surface area contributed by atoms with Crippen molar-refractivity contribution in [2.45, 2.75) is 25.4 Å². The highest BCUT2D eigenvalue weighted by molar-refractivity contribution is 6.24. The first-order chi connectivity index (χ1) is 18.9. The van der Waals surface area contributed by atoms with E-state index in [0.29, 0.717) is 29.1 Å². The number of carbonyl (C=O) groups is 2. The van der Waals surface area contributed by atoms with Crippen LogP contribution < -0.4 is 21.7 Å². The number of benzene rings is 4. The maximum atomic E-state index is 13.3. The summed E-state index contributed by atoms with van der Waals surface area (Å²) >= 11 is 0. The van der Waals surface area contributed by atoms with Gasteiger partial charge < -0.3 is 21.7 Å².